The second kappa shape index (κ2) is 6.23. The fourth-order valence-corrected chi connectivity index (χ4v) is 4.84. The quantitative estimate of drug-likeness (QED) is 0.373. The second-order valence-electron chi connectivity index (χ2n) is 6.15. The van der Waals surface area contributed by atoms with Gasteiger partial charge in [0.15, 0.2) is 0 Å². The molecule has 1 atom stereocenters. The van der Waals surface area contributed by atoms with E-state index in [-0.39, 0.29) is 5.92 Å². The molecular weight excluding hydrogens is 378 g/mol. The topological polar surface area (TPSA) is 4.93 Å². The van der Waals surface area contributed by atoms with Crippen molar-refractivity contribution in [1.29, 1.82) is 0 Å². The van der Waals surface area contributed by atoms with Gasteiger partial charge < -0.3 is 4.57 Å². The molecule has 0 aliphatic rings. The maximum atomic E-state index is 3.63. The van der Waals surface area contributed by atoms with Gasteiger partial charge >= 0.3 is 0 Å². The number of halogens is 1. The lowest BCUT2D eigenvalue weighted by Crippen LogP contribution is -2.01. The highest BCUT2D eigenvalue weighted by Gasteiger charge is 2.22. The van der Waals surface area contributed by atoms with Gasteiger partial charge in [-0.05, 0) is 48.4 Å². The molecule has 2 aromatic carbocycles. The Balaban J connectivity index is 1.98. The Kier molecular flexibility index (Phi) is 4.07. The van der Waals surface area contributed by atoms with Crippen LogP contribution in [0.4, 0.5) is 0 Å². The minimum atomic E-state index is 0.257. The Morgan fingerprint density at radius 3 is 2.58 bits per heavy atom. The van der Waals surface area contributed by atoms with Gasteiger partial charge in [-0.15, -0.1) is 11.3 Å². The molecule has 3 heteroatoms. The van der Waals surface area contributed by atoms with Gasteiger partial charge in [0.2, 0.25) is 0 Å². The maximum Gasteiger partial charge on any atom is 0.0480 e. The monoisotopic (exact) mass is 395 g/mol. The van der Waals surface area contributed by atoms with Gasteiger partial charge in [-0.1, -0.05) is 46.3 Å². The molecule has 120 valence electrons. The van der Waals surface area contributed by atoms with E-state index in [9.17, 15) is 0 Å². The van der Waals surface area contributed by atoms with Crippen LogP contribution in [0.2, 0.25) is 0 Å². The van der Waals surface area contributed by atoms with Crippen LogP contribution in [0.1, 0.15) is 26.8 Å². The molecule has 0 fully saturated rings. The Bertz CT molecular complexity index is 1010. The largest absolute Gasteiger partial charge is 0.350 e. The number of fused-ring (bicyclic) bond motifs is 1. The number of para-hydroxylation sites is 1. The van der Waals surface area contributed by atoms with E-state index in [4.69, 9.17) is 0 Å². The molecule has 0 amide bonds. The zero-order chi connectivity index (χ0) is 16.7. The SMILES string of the molecule is Cc1ccc([C@@H](c2cccc(Br)c2)c2cn(C)c3ccccc23)s1. The van der Waals surface area contributed by atoms with Crippen molar-refractivity contribution in [2.75, 3.05) is 0 Å². The van der Waals surface area contributed by atoms with Crippen LogP contribution in [0.15, 0.2) is 71.3 Å². The van der Waals surface area contributed by atoms with Gasteiger partial charge in [0.05, 0.1) is 0 Å². The first-order valence-electron chi connectivity index (χ1n) is 7.99. The molecule has 0 saturated carbocycles. The first-order chi connectivity index (χ1) is 11.6. The van der Waals surface area contributed by atoms with Crippen molar-refractivity contribution in [2.24, 2.45) is 7.05 Å². The van der Waals surface area contributed by atoms with Crippen LogP contribution >= 0.6 is 27.3 Å². The van der Waals surface area contributed by atoms with Crippen LogP contribution in [0, 0.1) is 6.92 Å². The molecule has 0 bridgehead atoms. The van der Waals surface area contributed by atoms with E-state index >= 15 is 0 Å². The van der Waals surface area contributed by atoms with Crippen molar-refractivity contribution in [3.63, 3.8) is 0 Å². The lowest BCUT2D eigenvalue weighted by Gasteiger charge is -2.16. The number of aromatic nitrogens is 1. The van der Waals surface area contributed by atoms with Gasteiger partial charge in [0.25, 0.3) is 0 Å². The first-order valence-corrected chi connectivity index (χ1v) is 9.60. The van der Waals surface area contributed by atoms with Gasteiger partial charge in [0, 0.05) is 44.3 Å². The Hall–Kier alpha value is -1.84. The van der Waals surface area contributed by atoms with Crippen LogP contribution in [0.3, 0.4) is 0 Å². The molecule has 4 aromatic rings. The summed E-state index contributed by atoms with van der Waals surface area (Å²) in [6.07, 6.45) is 2.28. The van der Waals surface area contributed by atoms with Crippen molar-refractivity contribution in [1.82, 2.24) is 4.57 Å². The lowest BCUT2D eigenvalue weighted by molar-refractivity contribution is 0.935. The lowest BCUT2D eigenvalue weighted by atomic mass is 9.90. The highest BCUT2D eigenvalue weighted by molar-refractivity contribution is 9.10. The number of nitrogens with zero attached hydrogens (tertiary/aromatic N) is 1. The summed E-state index contributed by atoms with van der Waals surface area (Å²) in [6, 6.07) is 21.8. The highest BCUT2D eigenvalue weighted by Crippen LogP contribution is 2.40. The van der Waals surface area contributed by atoms with E-state index in [2.05, 4.69) is 101 Å². The molecule has 2 aromatic heterocycles. The van der Waals surface area contributed by atoms with Crippen molar-refractivity contribution in [3.05, 3.63) is 92.2 Å². The second-order valence-corrected chi connectivity index (χ2v) is 8.38. The van der Waals surface area contributed by atoms with Crippen molar-refractivity contribution in [3.8, 4) is 0 Å². The predicted molar refractivity (Wildman–Crippen MR) is 107 cm³/mol. The van der Waals surface area contributed by atoms with Crippen LogP contribution in [0.5, 0.6) is 0 Å². The minimum Gasteiger partial charge on any atom is -0.350 e. The van der Waals surface area contributed by atoms with Gasteiger partial charge in [-0.3, -0.25) is 0 Å². The van der Waals surface area contributed by atoms with Gasteiger partial charge in [0.1, 0.15) is 0 Å². The summed E-state index contributed by atoms with van der Waals surface area (Å²) in [5.41, 5.74) is 3.97. The van der Waals surface area contributed by atoms with E-state index in [1.54, 1.807) is 0 Å². The van der Waals surface area contributed by atoms with Crippen LogP contribution in [0.25, 0.3) is 10.9 Å². The fraction of sp³-hybridized carbons (Fsp3) is 0.143. The minimum absolute atomic E-state index is 0.257. The van der Waals surface area contributed by atoms with E-state index in [1.807, 2.05) is 11.3 Å². The zero-order valence-electron chi connectivity index (χ0n) is 13.7. The number of rotatable bonds is 3. The average Bonchev–Trinajstić information content (AvgIpc) is 3.13. The third-order valence-electron chi connectivity index (χ3n) is 4.47. The van der Waals surface area contributed by atoms with Crippen molar-refractivity contribution < 1.29 is 0 Å². The number of aryl methyl sites for hydroxylation is 2. The molecule has 0 aliphatic carbocycles. The molecule has 0 N–H and O–H groups in total. The third-order valence-corrected chi connectivity index (χ3v) is 6.03. The number of thiophene rings is 1. The molecule has 0 aliphatic heterocycles. The summed E-state index contributed by atoms with van der Waals surface area (Å²) in [6.45, 7) is 2.18. The van der Waals surface area contributed by atoms with Crippen LogP contribution < -0.4 is 0 Å². The normalized spacial score (nSPS) is 12.6. The predicted octanol–water partition coefficient (Wildman–Crippen LogP) is 6.49. The van der Waals surface area contributed by atoms with E-state index in [1.165, 1.54) is 31.8 Å². The van der Waals surface area contributed by atoms with Gasteiger partial charge in [-0.2, -0.15) is 0 Å². The zero-order valence-corrected chi connectivity index (χ0v) is 16.1. The van der Waals surface area contributed by atoms with E-state index in [0.717, 1.165) is 4.47 Å². The highest BCUT2D eigenvalue weighted by atomic mass is 79.9. The standard InChI is InChI=1S/C21H18BrNS/c1-14-10-11-20(24-14)21(15-6-5-7-16(22)12-15)18-13-23(2)19-9-4-3-8-17(18)19/h3-13,21H,1-2H3/t21-/m0/s1. The molecule has 0 spiro atoms. The molecule has 24 heavy (non-hydrogen) atoms. The molecule has 2 heterocycles. The number of hydrogen-bond donors (Lipinski definition) is 0. The smallest absolute Gasteiger partial charge is 0.0480 e. The van der Waals surface area contributed by atoms with Crippen LogP contribution in [-0.4, -0.2) is 4.57 Å². The average molecular weight is 396 g/mol. The summed E-state index contributed by atoms with van der Waals surface area (Å²) in [4.78, 5) is 2.74. The number of benzene rings is 2. The fourth-order valence-electron chi connectivity index (χ4n) is 3.39. The van der Waals surface area contributed by atoms with Gasteiger partial charge in [-0.25, -0.2) is 0 Å². The number of hydrogen-bond acceptors (Lipinski definition) is 1. The summed E-state index contributed by atoms with van der Waals surface area (Å²) in [7, 11) is 2.13. The van der Waals surface area contributed by atoms with Crippen LogP contribution in [-0.2, 0) is 7.05 Å². The molecule has 4 rings (SSSR count). The summed E-state index contributed by atoms with van der Waals surface area (Å²) >= 11 is 5.52. The summed E-state index contributed by atoms with van der Waals surface area (Å²) < 4.78 is 3.36. The summed E-state index contributed by atoms with van der Waals surface area (Å²) in [5, 5.41) is 1.33. The molecule has 0 radical (unpaired) electrons. The van der Waals surface area contributed by atoms with Crippen molar-refractivity contribution >= 4 is 38.2 Å². The molecular formula is C21H18BrNS. The Labute approximate surface area is 154 Å². The maximum absolute atomic E-state index is 3.63. The Morgan fingerprint density at radius 1 is 1.00 bits per heavy atom. The first kappa shape index (κ1) is 15.7. The van der Waals surface area contributed by atoms with E-state index in [0.29, 0.717) is 0 Å². The van der Waals surface area contributed by atoms with E-state index < -0.39 is 0 Å². The van der Waals surface area contributed by atoms with Crippen molar-refractivity contribution in [2.45, 2.75) is 12.8 Å². The molecule has 0 unspecified atom stereocenters. The molecule has 0 saturated heterocycles. The Morgan fingerprint density at radius 2 is 1.83 bits per heavy atom. The summed E-state index contributed by atoms with van der Waals surface area (Å²) in [5.74, 6) is 0.257. The third kappa shape index (κ3) is 2.72. The molecule has 1 nitrogen and oxygen atoms in total.